The number of hydrogen-bond acceptors (Lipinski definition) is 3. The third kappa shape index (κ3) is 5.45. The van der Waals surface area contributed by atoms with Crippen LogP contribution in [0.1, 0.15) is 32.3 Å². The van der Waals surface area contributed by atoms with Crippen molar-refractivity contribution in [2.75, 3.05) is 32.7 Å². The van der Waals surface area contributed by atoms with E-state index in [1.54, 1.807) is 0 Å². The van der Waals surface area contributed by atoms with E-state index in [0.717, 1.165) is 38.9 Å². The molecule has 2 atom stereocenters. The fraction of sp³-hybridized carbons (Fsp3) is 0.619. The maximum Gasteiger partial charge on any atom is 0.236 e. The number of carbonyl (C=O) groups is 2. The fourth-order valence-corrected chi connectivity index (χ4v) is 4.13. The normalized spacial score (nSPS) is 21.7. The minimum Gasteiger partial charge on any atom is -0.340 e. The topological polar surface area (TPSA) is 52.7 Å². The van der Waals surface area contributed by atoms with E-state index in [1.807, 2.05) is 28.0 Å². The zero-order chi connectivity index (χ0) is 18.5. The number of nitrogens with zero attached hydrogens (tertiary/aromatic N) is 2. The molecule has 2 fully saturated rings. The molecule has 0 radical (unpaired) electrons. The lowest BCUT2D eigenvalue weighted by Gasteiger charge is -2.42. The Morgan fingerprint density at radius 1 is 1.22 bits per heavy atom. The van der Waals surface area contributed by atoms with Gasteiger partial charge in [-0.15, -0.1) is 12.4 Å². The summed E-state index contributed by atoms with van der Waals surface area (Å²) in [6, 6.07) is 10.4. The standard InChI is InChI=1S/C21H31N3O2.ClH/c1-16(2)19(13-17-7-4-3-5-8-17)21(26)23-11-6-9-18(15-23)24-12-10-22-14-20(24)25;/h3-5,7-8,16,18-19,22H,6,9-15H2,1-2H3;1H. The molecule has 0 aliphatic carbocycles. The summed E-state index contributed by atoms with van der Waals surface area (Å²) >= 11 is 0. The van der Waals surface area contributed by atoms with Crippen LogP contribution in [0.25, 0.3) is 0 Å². The van der Waals surface area contributed by atoms with Crippen molar-refractivity contribution in [3.8, 4) is 0 Å². The van der Waals surface area contributed by atoms with E-state index in [4.69, 9.17) is 0 Å². The van der Waals surface area contributed by atoms with Crippen molar-refractivity contribution in [1.82, 2.24) is 15.1 Å². The third-order valence-electron chi connectivity index (χ3n) is 5.70. The van der Waals surface area contributed by atoms with Gasteiger partial charge in [0.05, 0.1) is 6.54 Å². The number of hydrogen-bond donors (Lipinski definition) is 1. The lowest BCUT2D eigenvalue weighted by Crippen LogP contribution is -2.58. The quantitative estimate of drug-likeness (QED) is 0.835. The summed E-state index contributed by atoms with van der Waals surface area (Å²) in [5, 5.41) is 3.13. The number of nitrogens with one attached hydrogen (secondary N) is 1. The van der Waals surface area contributed by atoms with Crippen LogP contribution in [0.4, 0.5) is 0 Å². The molecule has 2 amide bonds. The van der Waals surface area contributed by atoms with Gasteiger partial charge in [0.2, 0.25) is 11.8 Å². The van der Waals surface area contributed by atoms with Crippen molar-refractivity contribution in [3.05, 3.63) is 35.9 Å². The van der Waals surface area contributed by atoms with Gasteiger partial charge in [0.25, 0.3) is 0 Å². The van der Waals surface area contributed by atoms with Crippen molar-refractivity contribution < 1.29 is 9.59 Å². The average Bonchev–Trinajstić information content (AvgIpc) is 2.66. The van der Waals surface area contributed by atoms with E-state index in [2.05, 4.69) is 31.3 Å². The van der Waals surface area contributed by atoms with E-state index < -0.39 is 0 Å². The zero-order valence-corrected chi connectivity index (χ0v) is 17.2. The second-order valence-corrected chi connectivity index (χ2v) is 7.88. The van der Waals surface area contributed by atoms with E-state index in [-0.39, 0.29) is 36.2 Å². The minimum atomic E-state index is -0.00475. The first-order chi connectivity index (χ1) is 12.6. The molecular formula is C21H32ClN3O2. The summed E-state index contributed by atoms with van der Waals surface area (Å²) in [6.07, 6.45) is 2.76. The van der Waals surface area contributed by atoms with Gasteiger partial charge in [-0.25, -0.2) is 0 Å². The first-order valence-electron chi connectivity index (χ1n) is 9.89. The molecule has 2 aliphatic rings. The monoisotopic (exact) mass is 393 g/mol. The molecule has 150 valence electrons. The van der Waals surface area contributed by atoms with Crippen LogP contribution in [0.5, 0.6) is 0 Å². The zero-order valence-electron chi connectivity index (χ0n) is 16.4. The molecule has 5 nitrogen and oxygen atoms in total. The number of likely N-dealkylation sites (tertiary alicyclic amines) is 1. The summed E-state index contributed by atoms with van der Waals surface area (Å²) in [4.78, 5) is 29.5. The van der Waals surface area contributed by atoms with Gasteiger partial charge in [-0.2, -0.15) is 0 Å². The predicted molar refractivity (Wildman–Crippen MR) is 110 cm³/mol. The van der Waals surface area contributed by atoms with Crippen LogP contribution in [-0.2, 0) is 16.0 Å². The number of rotatable bonds is 5. The summed E-state index contributed by atoms with van der Waals surface area (Å²) in [7, 11) is 0. The Bertz CT molecular complexity index is 623. The summed E-state index contributed by atoms with van der Waals surface area (Å²) < 4.78 is 0. The fourth-order valence-electron chi connectivity index (χ4n) is 4.13. The highest BCUT2D eigenvalue weighted by Gasteiger charge is 2.34. The van der Waals surface area contributed by atoms with Gasteiger partial charge in [-0.3, -0.25) is 9.59 Å². The Labute approximate surface area is 168 Å². The second-order valence-electron chi connectivity index (χ2n) is 7.88. The van der Waals surface area contributed by atoms with Gasteiger partial charge in [0.1, 0.15) is 0 Å². The highest BCUT2D eigenvalue weighted by Crippen LogP contribution is 2.24. The number of piperazine rings is 1. The summed E-state index contributed by atoms with van der Waals surface area (Å²) in [6.45, 7) is 7.78. The molecule has 1 N–H and O–H groups in total. The second kappa shape index (κ2) is 10.1. The molecule has 0 aromatic heterocycles. The van der Waals surface area contributed by atoms with Gasteiger partial charge >= 0.3 is 0 Å². The van der Waals surface area contributed by atoms with Gasteiger partial charge < -0.3 is 15.1 Å². The van der Waals surface area contributed by atoms with Crippen LogP contribution in [0.3, 0.4) is 0 Å². The molecule has 2 heterocycles. The van der Waals surface area contributed by atoms with Gasteiger partial charge in [-0.1, -0.05) is 44.2 Å². The molecule has 2 unspecified atom stereocenters. The summed E-state index contributed by atoms with van der Waals surface area (Å²) in [5.41, 5.74) is 1.21. The minimum absolute atomic E-state index is 0. The van der Waals surface area contributed by atoms with Crippen molar-refractivity contribution in [2.24, 2.45) is 11.8 Å². The molecule has 2 saturated heterocycles. The van der Waals surface area contributed by atoms with Crippen LogP contribution in [0, 0.1) is 11.8 Å². The third-order valence-corrected chi connectivity index (χ3v) is 5.70. The predicted octanol–water partition coefficient (Wildman–Crippen LogP) is 2.35. The Morgan fingerprint density at radius 3 is 2.63 bits per heavy atom. The van der Waals surface area contributed by atoms with Crippen molar-refractivity contribution in [2.45, 2.75) is 39.2 Å². The number of carbonyl (C=O) groups excluding carboxylic acids is 2. The van der Waals surface area contributed by atoms with Crippen LogP contribution in [-0.4, -0.2) is 60.4 Å². The molecule has 3 rings (SSSR count). The van der Waals surface area contributed by atoms with E-state index in [0.29, 0.717) is 19.0 Å². The van der Waals surface area contributed by atoms with Crippen molar-refractivity contribution in [3.63, 3.8) is 0 Å². The lowest BCUT2D eigenvalue weighted by atomic mass is 9.87. The van der Waals surface area contributed by atoms with Gasteiger partial charge in [-0.05, 0) is 30.7 Å². The highest BCUT2D eigenvalue weighted by molar-refractivity contribution is 5.85. The number of amides is 2. The Morgan fingerprint density at radius 2 is 1.96 bits per heavy atom. The molecule has 1 aromatic rings. The summed E-state index contributed by atoms with van der Waals surface area (Å²) in [5.74, 6) is 0.704. The molecule has 6 heteroatoms. The number of benzene rings is 1. The molecule has 0 spiro atoms. The van der Waals surface area contributed by atoms with Crippen LogP contribution in [0.15, 0.2) is 30.3 Å². The van der Waals surface area contributed by atoms with E-state index >= 15 is 0 Å². The van der Waals surface area contributed by atoms with Crippen molar-refractivity contribution in [1.29, 1.82) is 0 Å². The Balaban J connectivity index is 0.00000261. The van der Waals surface area contributed by atoms with Gasteiger partial charge in [0, 0.05) is 38.1 Å². The Hall–Kier alpha value is -1.59. The smallest absolute Gasteiger partial charge is 0.236 e. The number of piperidine rings is 1. The molecule has 0 saturated carbocycles. The Kier molecular flexibility index (Phi) is 8.11. The number of halogens is 1. The first-order valence-corrected chi connectivity index (χ1v) is 9.89. The van der Waals surface area contributed by atoms with Crippen molar-refractivity contribution >= 4 is 24.2 Å². The average molecular weight is 394 g/mol. The molecule has 2 aliphatic heterocycles. The maximum atomic E-state index is 13.3. The molecule has 0 bridgehead atoms. The van der Waals surface area contributed by atoms with E-state index in [9.17, 15) is 9.59 Å². The SMILES string of the molecule is CC(C)C(Cc1ccccc1)C(=O)N1CCCC(N2CCNCC2=O)C1.Cl. The molecule has 1 aromatic carbocycles. The van der Waals surface area contributed by atoms with E-state index in [1.165, 1.54) is 5.56 Å². The molecular weight excluding hydrogens is 362 g/mol. The molecule has 27 heavy (non-hydrogen) atoms. The lowest BCUT2D eigenvalue weighted by molar-refractivity contribution is -0.143. The van der Waals surface area contributed by atoms with Crippen LogP contribution in [0.2, 0.25) is 0 Å². The highest BCUT2D eigenvalue weighted by atomic mass is 35.5. The maximum absolute atomic E-state index is 13.3. The van der Waals surface area contributed by atoms with Crippen LogP contribution < -0.4 is 5.32 Å². The van der Waals surface area contributed by atoms with Gasteiger partial charge in [0.15, 0.2) is 0 Å². The largest absolute Gasteiger partial charge is 0.340 e. The first kappa shape index (κ1) is 21.7. The van der Waals surface area contributed by atoms with Crippen LogP contribution >= 0.6 is 12.4 Å².